The van der Waals surface area contributed by atoms with E-state index in [0.717, 1.165) is 31.4 Å². The SMILES string of the molecule is O=C1CC2(CCCC2)Nc2ccc(C(=O)O)cc2N1. The molecule has 100 valence electrons. The van der Waals surface area contributed by atoms with Crippen LogP contribution in [-0.2, 0) is 4.79 Å². The summed E-state index contributed by atoms with van der Waals surface area (Å²) in [5.74, 6) is -1.03. The van der Waals surface area contributed by atoms with Crippen LogP contribution < -0.4 is 10.6 Å². The molecular weight excluding hydrogens is 244 g/mol. The molecule has 1 aliphatic heterocycles. The van der Waals surface area contributed by atoms with Crippen LogP contribution in [0.4, 0.5) is 11.4 Å². The Kier molecular flexibility index (Phi) is 2.69. The number of nitrogens with one attached hydrogen (secondary N) is 2. The van der Waals surface area contributed by atoms with Crippen LogP contribution in [0.2, 0.25) is 0 Å². The molecule has 1 heterocycles. The molecule has 0 radical (unpaired) electrons. The number of carbonyl (C=O) groups excluding carboxylic acids is 1. The highest BCUT2D eigenvalue weighted by Gasteiger charge is 2.38. The van der Waals surface area contributed by atoms with E-state index < -0.39 is 5.97 Å². The zero-order chi connectivity index (χ0) is 13.5. The van der Waals surface area contributed by atoms with Crippen molar-refractivity contribution in [3.63, 3.8) is 0 Å². The summed E-state index contributed by atoms with van der Waals surface area (Å²) in [7, 11) is 0. The van der Waals surface area contributed by atoms with Crippen LogP contribution in [0.1, 0.15) is 42.5 Å². The summed E-state index contributed by atoms with van der Waals surface area (Å²) in [6, 6.07) is 4.81. The van der Waals surface area contributed by atoms with Crippen LogP contribution in [-0.4, -0.2) is 22.5 Å². The molecule has 1 aromatic carbocycles. The molecule has 19 heavy (non-hydrogen) atoms. The number of hydrogen-bond acceptors (Lipinski definition) is 3. The number of hydrogen-bond donors (Lipinski definition) is 3. The van der Waals surface area contributed by atoms with Gasteiger partial charge in [0.05, 0.1) is 16.9 Å². The normalized spacial score (nSPS) is 20.3. The molecule has 1 amide bonds. The molecule has 1 aliphatic carbocycles. The monoisotopic (exact) mass is 260 g/mol. The first-order valence-corrected chi connectivity index (χ1v) is 6.53. The lowest BCUT2D eigenvalue weighted by Crippen LogP contribution is -2.36. The Morgan fingerprint density at radius 2 is 1.95 bits per heavy atom. The van der Waals surface area contributed by atoms with Gasteiger partial charge in [-0.15, -0.1) is 0 Å². The quantitative estimate of drug-likeness (QED) is 0.724. The summed E-state index contributed by atoms with van der Waals surface area (Å²) in [4.78, 5) is 23.0. The summed E-state index contributed by atoms with van der Waals surface area (Å²) in [5, 5.41) is 15.3. The first kappa shape index (κ1) is 12.0. The third kappa shape index (κ3) is 2.16. The molecule has 0 bridgehead atoms. The van der Waals surface area contributed by atoms with Crippen LogP contribution in [0.25, 0.3) is 0 Å². The second-order valence-electron chi connectivity index (χ2n) is 5.40. The molecule has 5 heteroatoms. The highest BCUT2D eigenvalue weighted by molar-refractivity contribution is 5.99. The largest absolute Gasteiger partial charge is 0.478 e. The van der Waals surface area contributed by atoms with E-state index in [4.69, 9.17) is 5.11 Å². The van der Waals surface area contributed by atoms with Crippen LogP contribution in [0.5, 0.6) is 0 Å². The number of anilines is 2. The summed E-state index contributed by atoms with van der Waals surface area (Å²) in [5.41, 5.74) is 1.41. The van der Waals surface area contributed by atoms with Gasteiger partial charge in [-0.25, -0.2) is 4.79 Å². The number of benzene rings is 1. The van der Waals surface area contributed by atoms with Crippen molar-refractivity contribution in [3.8, 4) is 0 Å². The van der Waals surface area contributed by atoms with Crippen molar-refractivity contribution in [1.29, 1.82) is 0 Å². The number of rotatable bonds is 1. The molecule has 1 saturated carbocycles. The first-order chi connectivity index (χ1) is 9.08. The number of carboxylic acids is 1. The fourth-order valence-corrected chi connectivity index (χ4v) is 3.07. The van der Waals surface area contributed by atoms with E-state index in [1.54, 1.807) is 12.1 Å². The molecule has 0 saturated heterocycles. The third-order valence-electron chi connectivity index (χ3n) is 4.00. The Morgan fingerprint density at radius 1 is 1.21 bits per heavy atom. The van der Waals surface area contributed by atoms with Gasteiger partial charge in [-0.05, 0) is 31.0 Å². The zero-order valence-electron chi connectivity index (χ0n) is 10.5. The number of fused-ring (bicyclic) bond motifs is 1. The Morgan fingerprint density at radius 3 is 2.63 bits per heavy atom. The van der Waals surface area contributed by atoms with Gasteiger partial charge >= 0.3 is 5.97 Å². The van der Waals surface area contributed by atoms with E-state index in [9.17, 15) is 9.59 Å². The van der Waals surface area contributed by atoms with E-state index in [0.29, 0.717) is 12.1 Å². The summed E-state index contributed by atoms with van der Waals surface area (Å²) >= 11 is 0. The average molecular weight is 260 g/mol. The Bertz CT molecular complexity index is 548. The molecule has 1 aromatic rings. The van der Waals surface area contributed by atoms with Crippen molar-refractivity contribution >= 4 is 23.3 Å². The van der Waals surface area contributed by atoms with Gasteiger partial charge < -0.3 is 15.7 Å². The molecule has 3 rings (SSSR count). The maximum atomic E-state index is 12.0. The molecule has 2 aliphatic rings. The maximum Gasteiger partial charge on any atom is 0.335 e. The van der Waals surface area contributed by atoms with E-state index in [1.807, 2.05) is 0 Å². The van der Waals surface area contributed by atoms with Gasteiger partial charge in [0.2, 0.25) is 5.91 Å². The number of aromatic carboxylic acids is 1. The Labute approximate surface area is 111 Å². The Balaban J connectivity index is 2.00. The fourth-order valence-electron chi connectivity index (χ4n) is 3.07. The van der Waals surface area contributed by atoms with Gasteiger partial charge in [-0.2, -0.15) is 0 Å². The van der Waals surface area contributed by atoms with Crippen molar-refractivity contribution in [2.75, 3.05) is 10.6 Å². The molecule has 0 unspecified atom stereocenters. The summed E-state index contributed by atoms with van der Waals surface area (Å²) in [6.07, 6.45) is 4.68. The molecule has 3 N–H and O–H groups in total. The number of carboxylic acid groups (broad SMARTS) is 1. The van der Waals surface area contributed by atoms with Crippen molar-refractivity contribution < 1.29 is 14.7 Å². The van der Waals surface area contributed by atoms with Crippen molar-refractivity contribution in [1.82, 2.24) is 0 Å². The second-order valence-corrected chi connectivity index (χ2v) is 5.40. The van der Waals surface area contributed by atoms with E-state index in [1.165, 1.54) is 6.07 Å². The predicted octanol–water partition coefficient (Wildman–Crippen LogP) is 2.45. The maximum absolute atomic E-state index is 12.0. The lowest BCUT2D eigenvalue weighted by molar-refractivity contribution is -0.117. The van der Waals surface area contributed by atoms with Crippen LogP contribution in [0.3, 0.4) is 0 Å². The number of carbonyl (C=O) groups is 2. The van der Waals surface area contributed by atoms with Crippen LogP contribution in [0.15, 0.2) is 18.2 Å². The first-order valence-electron chi connectivity index (χ1n) is 6.53. The molecule has 5 nitrogen and oxygen atoms in total. The van der Waals surface area contributed by atoms with Crippen molar-refractivity contribution in [3.05, 3.63) is 23.8 Å². The van der Waals surface area contributed by atoms with Gasteiger partial charge in [0, 0.05) is 12.0 Å². The molecule has 0 aromatic heterocycles. The minimum Gasteiger partial charge on any atom is -0.478 e. The molecule has 1 fully saturated rings. The third-order valence-corrected chi connectivity index (χ3v) is 4.00. The van der Waals surface area contributed by atoms with E-state index in [2.05, 4.69) is 10.6 Å². The second kappa shape index (κ2) is 4.26. The van der Waals surface area contributed by atoms with Crippen LogP contribution in [0, 0.1) is 0 Å². The average Bonchev–Trinajstić information content (AvgIpc) is 2.72. The summed E-state index contributed by atoms with van der Waals surface area (Å²) < 4.78 is 0. The smallest absolute Gasteiger partial charge is 0.335 e. The highest BCUT2D eigenvalue weighted by atomic mass is 16.4. The predicted molar refractivity (Wildman–Crippen MR) is 71.5 cm³/mol. The van der Waals surface area contributed by atoms with E-state index >= 15 is 0 Å². The van der Waals surface area contributed by atoms with Crippen LogP contribution >= 0.6 is 0 Å². The lowest BCUT2D eigenvalue weighted by atomic mass is 9.93. The minimum atomic E-state index is -0.989. The molecular formula is C14H16N2O3. The molecule has 0 atom stereocenters. The highest BCUT2D eigenvalue weighted by Crippen LogP contribution is 2.40. The standard InChI is InChI=1S/C14H16N2O3/c17-12-8-14(5-1-2-6-14)16-10-4-3-9(13(18)19)7-11(10)15-12/h3-4,7,16H,1-2,5-6,8H2,(H,15,17)(H,18,19). The topological polar surface area (TPSA) is 78.4 Å². The lowest BCUT2D eigenvalue weighted by Gasteiger charge is -2.28. The number of amides is 1. The van der Waals surface area contributed by atoms with Gasteiger partial charge in [0.1, 0.15) is 0 Å². The Hall–Kier alpha value is -2.04. The van der Waals surface area contributed by atoms with E-state index in [-0.39, 0.29) is 17.0 Å². The van der Waals surface area contributed by atoms with Gasteiger partial charge in [-0.1, -0.05) is 12.8 Å². The van der Waals surface area contributed by atoms with Gasteiger partial charge in [0.15, 0.2) is 0 Å². The van der Waals surface area contributed by atoms with Gasteiger partial charge in [-0.3, -0.25) is 4.79 Å². The fraction of sp³-hybridized carbons (Fsp3) is 0.429. The zero-order valence-corrected chi connectivity index (χ0v) is 10.5. The minimum absolute atomic E-state index is 0.0457. The van der Waals surface area contributed by atoms with Gasteiger partial charge in [0.25, 0.3) is 0 Å². The van der Waals surface area contributed by atoms with Crippen molar-refractivity contribution in [2.45, 2.75) is 37.6 Å². The molecule has 1 spiro atoms. The van der Waals surface area contributed by atoms with Crippen molar-refractivity contribution in [2.24, 2.45) is 0 Å². The summed E-state index contributed by atoms with van der Waals surface area (Å²) in [6.45, 7) is 0.